The van der Waals surface area contributed by atoms with E-state index >= 15 is 0 Å². The van der Waals surface area contributed by atoms with E-state index in [2.05, 4.69) is 10.6 Å². The number of para-hydroxylation sites is 2. The maximum absolute atomic E-state index is 11.7. The summed E-state index contributed by atoms with van der Waals surface area (Å²) in [6.45, 7) is 1.85. The van der Waals surface area contributed by atoms with Gasteiger partial charge in [0.1, 0.15) is 6.61 Å². The maximum Gasteiger partial charge on any atom is 0.237 e. The summed E-state index contributed by atoms with van der Waals surface area (Å²) in [6, 6.07) is 7.43. The van der Waals surface area contributed by atoms with Gasteiger partial charge in [-0.15, -0.1) is 0 Å². The van der Waals surface area contributed by atoms with Crippen LogP contribution in [0.1, 0.15) is 12.8 Å². The first-order valence-corrected chi connectivity index (χ1v) is 6.58. The highest BCUT2D eigenvalue weighted by Crippen LogP contribution is 2.25. The topological polar surface area (TPSA) is 59.6 Å². The van der Waals surface area contributed by atoms with Crippen LogP contribution in [0.2, 0.25) is 0 Å². The zero-order valence-corrected chi connectivity index (χ0v) is 11.1. The summed E-state index contributed by atoms with van der Waals surface area (Å²) in [6.07, 6.45) is 1.98. The van der Waals surface area contributed by atoms with E-state index in [9.17, 15) is 4.79 Å². The van der Waals surface area contributed by atoms with Crippen molar-refractivity contribution in [2.75, 3.05) is 26.8 Å². The van der Waals surface area contributed by atoms with Crippen LogP contribution in [0.15, 0.2) is 24.3 Å². The first-order valence-electron chi connectivity index (χ1n) is 6.58. The molecule has 2 rings (SSSR count). The number of methoxy groups -OCH3 is 1. The van der Waals surface area contributed by atoms with Gasteiger partial charge in [0.2, 0.25) is 5.91 Å². The second-order valence-corrected chi connectivity index (χ2v) is 4.44. The average Bonchev–Trinajstić information content (AvgIpc) is 2.98. The van der Waals surface area contributed by atoms with Crippen LogP contribution in [0.25, 0.3) is 0 Å². The molecule has 1 heterocycles. The molecular weight excluding hydrogens is 244 g/mol. The average molecular weight is 264 g/mol. The van der Waals surface area contributed by atoms with Crippen molar-refractivity contribution in [1.82, 2.24) is 10.6 Å². The lowest BCUT2D eigenvalue weighted by atomic mass is 10.2. The highest BCUT2D eigenvalue weighted by Gasteiger charge is 2.21. The zero-order chi connectivity index (χ0) is 13.5. The van der Waals surface area contributed by atoms with Crippen molar-refractivity contribution in [3.63, 3.8) is 0 Å². The minimum Gasteiger partial charge on any atom is -0.493 e. The Morgan fingerprint density at radius 1 is 1.42 bits per heavy atom. The molecule has 0 bridgehead atoms. The van der Waals surface area contributed by atoms with Crippen molar-refractivity contribution >= 4 is 5.91 Å². The Hall–Kier alpha value is -1.75. The van der Waals surface area contributed by atoms with Gasteiger partial charge in [-0.1, -0.05) is 12.1 Å². The first kappa shape index (κ1) is 13.7. The van der Waals surface area contributed by atoms with E-state index in [1.165, 1.54) is 0 Å². The Morgan fingerprint density at radius 3 is 2.89 bits per heavy atom. The fourth-order valence-electron chi connectivity index (χ4n) is 2.10. The SMILES string of the molecule is COc1ccccc1OCCNC(=O)[C@@H]1CCCN1. The van der Waals surface area contributed by atoms with Gasteiger partial charge in [-0.2, -0.15) is 0 Å². The molecule has 1 atom stereocenters. The third-order valence-corrected chi connectivity index (χ3v) is 3.10. The number of rotatable bonds is 6. The normalized spacial score (nSPS) is 18.1. The van der Waals surface area contributed by atoms with Crippen molar-refractivity contribution in [3.05, 3.63) is 24.3 Å². The van der Waals surface area contributed by atoms with Gasteiger partial charge in [-0.05, 0) is 31.5 Å². The predicted molar refractivity (Wildman–Crippen MR) is 72.5 cm³/mol. The minimum atomic E-state index is -0.0359. The fourth-order valence-corrected chi connectivity index (χ4v) is 2.10. The van der Waals surface area contributed by atoms with Gasteiger partial charge in [-0.25, -0.2) is 0 Å². The molecule has 1 aromatic rings. The summed E-state index contributed by atoms with van der Waals surface area (Å²) < 4.78 is 10.8. The third kappa shape index (κ3) is 3.86. The maximum atomic E-state index is 11.7. The molecule has 1 aliphatic heterocycles. The summed E-state index contributed by atoms with van der Waals surface area (Å²) in [7, 11) is 1.61. The molecule has 0 unspecified atom stereocenters. The minimum absolute atomic E-state index is 0.0359. The highest BCUT2D eigenvalue weighted by molar-refractivity contribution is 5.81. The molecular formula is C14H20N2O3. The summed E-state index contributed by atoms with van der Waals surface area (Å²) in [4.78, 5) is 11.7. The Labute approximate surface area is 113 Å². The van der Waals surface area contributed by atoms with Gasteiger partial charge in [0.15, 0.2) is 11.5 Å². The third-order valence-electron chi connectivity index (χ3n) is 3.10. The van der Waals surface area contributed by atoms with E-state index in [4.69, 9.17) is 9.47 Å². The quantitative estimate of drug-likeness (QED) is 0.751. The van der Waals surface area contributed by atoms with Gasteiger partial charge < -0.3 is 20.1 Å². The van der Waals surface area contributed by atoms with Crippen LogP contribution in [0.3, 0.4) is 0 Å². The van der Waals surface area contributed by atoms with Crippen LogP contribution in [0, 0.1) is 0 Å². The van der Waals surface area contributed by atoms with Crippen molar-refractivity contribution < 1.29 is 14.3 Å². The van der Waals surface area contributed by atoms with Crippen LogP contribution < -0.4 is 20.1 Å². The first-order chi connectivity index (χ1) is 9.31. The van der Waals surface area contributed by atoms with Gasteiger partial charge in [-0.3, -0.25) is 4.79 Å². The van der Waals surface area contributed by atoms with Crippen molar-refractivity contribution in [2.45, 2.75) is 18.9 Å². The number of hydrogen-bond acceptors (Lipinski definition) is 4. The Bertz CT molecular complexity index is 417. The Kier molecular flexibility index (Phi) is 5.03. The lowest BCUT2D eigenvalue weighted by molar-refractivity contribution is -0.122. The van der Waals surface area contributed by atoms with E-state index in [1.807, 2.05) is 24.3 Å². The lowest BCUT2D eigenvalue weighted by Crippen LogP contribution is -2.41. The van der Waals surface area contributed by atoms with Crippen LogP contribution >= 0.6 is 0 Å². The zero-order valence-electron chi connectivity index (χ0n) is 11.1. The Morgan fingerprint density at radius 2 is 2.21 bits per heavy atom. The number of nitrogens with one attached hydrogen (secondary N) is 2. The van der Waals surface area contributed by atoms with Gasteiger partial charge in [0.25, 0.3) is 0 Å². The Balaban J connectivity index is 1.70. The molecule has 1 amide bonds. The van der Waals surface area contributed by atoms with Crippen molar-refractivity contribution in [1.29, 1.82) is 0 Å². The van der Waals surface area contributed by atoms with Crippen molar-refractivity contribution in [2.24, 2.45) is 0 Å². The monoisotopic (exact) mass is 264 g/mol. The molecule has 19 heavy (non-hydrogen) atoms. The number of carbonyl (C=O) groups excluding carboxylic acids is 1. The molecule has 0 spiro atoms. The number of hydrogen-bond donors (Lipinski definition) is 2. The number of carbonyl (C=O) groups is 1. The largest absolute Gasteiger partial charge is 0.493 e. The molecule has 5 nitrogen and oxygen atoms in total. The molecule has 1 aromatic carbocycles. The molecule has 104 valence electrons. The molecule has 0 radical (unpaired) electrons. The highest BCUT2D eigenvalue weighted by atomic mass is 16.5. The molecule has 1 fully saturated rings. The second-order valence-electron chi connectivity index (χ2n) is 4.44. The van der Waals surface area contributed by atoms with E-state index in [1.54, 1.807) is 7.11 Å². The van der Waals surface area contributed by atoms with Gasteiger partial charge >= 0.3 is 0 Å². The summed E-state index contributed by atoms with van der Waals surface area (Å²) in [5.74, 6) is 1.45. The second kappa shape index (κ2) is 6.99. The van der Waals surface area contributed by atoms with Crippen LogP contribution in [-0.4, -0.2) is 38.8 Å². The fraction of sp³-hybridized carbons (Fsp3) is 0.500. The molecule has 0 saturated carbocycles. The molecule has 5 heteroatoms. The molecule has 1 aliphatic rings. The van der Waals surface area contributed by atoms with E-state index in [-0.39, 0.29) is 11.9 Å². The molecule has 1 saturated heterocycles. The summed E-state index contributed by atoms with van der Waals surface area (Å²) in [5, 5.41) is 6.03. The van der Waals surface area contributed by atoms with Crippen LogP contribution in [0.4, 0.5) is 0 Å². The number of amides is 1. The van der Waals surface area contributed by atoms with Crippen LogP contribution in [0.5, 0.6) is 11.5 Å². The smallest absolute Gasteiger partial charge is 0.237 e. The molecule has 2 N–H and O–H groups in total. The molecule has 0 aliphatic carbocycles. The predicted octanol–water partition coefficient (Wildman–Crippen LogP) is 0.942. The molecule has 0 aromatic heterocycles. The number of benzene rings is 1. The standard InChI is InChI=1S/C14H20N2O3/c1-18-12-6-2-3-7-13(12)19-10-9-16-14(17)11-5-4-8-15-11/h2-3,6-7,11,15H,4-5,8-10H2,1H3,(H,16,17)/t11-/m0/s1. The summed E-state index contributed by atoms with van der Waals surface area (Å²) in [5.41, 5.74) is 0. The van der Waals surface area contributed by atoms with Gasteiger partial charge in [0.05, 0.1) is 19.7 Å². The summed E-state index contributed by atoms with van der Waals surface area (Å²) >= 11 is 0. The van der Waals surface area contributed by atoms with E-state index in [0.717, 1.165) is 19.4 Å². The van der Waals surface area contributed by atoms with Gasteiger partial charge in [0, 0.05) is 0 Å². The van der Waals surface area contributed by atoms with Crippen LogP contribution in [-0.2, 0) is 4.79 Å². The van der Waals surface area contributed by atoms with E-state index < -0.39 is 0 Å². The number of ether oxygens (including phenoxy) is 2. The van der Waals surface area contributed by atoms with Crippen molar-refractivity contribution in [3.8, 4) is 11.5 Å². The lowest BCUT2D eigenvalue weighted by Gasteiger charge is -2.13. The van der Waals surface area contributed by atoms with E-state index in [0.29, 0.717) is 24.7 Å².